The number of anilines is 1. The lowest BCUT2D eigenvalue weighted by atomic mass is 9.93. The Morgan fingerprint density at radius 1 is 1.12 bits per heavy atom. The third-order valence-corrected chi connectivity index (χ3v) is 6.66. The largest absolute Gasteiger partial charge is 0.433 e. The number of carbonyl (C=O) groups is 5. The third-order valence-electron chi connectivity index (χ3n) is 6.42. The molecule has 1 aromatic carbocycles. The Labute approximate surface area is 231 Å². The molecule has 212 valence electrons. The lowest BCUT2D eigenvalue weighted by Gasteiger charge is -2.21. The summed E-state index contributed by atoms with van der Waals surface area (Å²) in [7, 11) is 0. The fourth-order valence-electron chi connectivity index (χ4n) is 4.27. The number of nitrogens with zero attached hydrogens (tertiary/aromatic N) is 1. The summed E-state index contributed by atoms with van der Waals surface area (Å²) in [4.78, 5) is 67.3. The smallest absolute Gasteiger partial charge is 0.353 e. The van der Waals surface area contributed by atoms with E-state index in [4.69, 9.17) is 11.6 Å². The standard InChI is InChI=1S/C26H25ClF3N5O5/c1-12-9-13(22(37)31-12)10-19(21(36)25(40)32-15-6-7-15)35-23(38)16-11-14(27)5-8-17(16)34-24(39)18-3-2-4-20(33-18)26(28,29)30/h2-5,8,11-13,15,19H,6-7,9-10H2,1H3,(H,31,37)(H,32,40)(H,34,39)(H,35,38)/t12-,13+,19?/m1/s1. The number of benzene rings is 1. The van der Waals surface area contributed by atoms with Gasteiger partial charge in [-0.15, -0.1) is 0 Å². The van der Waals surface area contributed by atoms with Gasteiger partial charge in [-0.1, -0.05) is 17.7 Å². The van der Waals surface area contributed by atoms with Crippen molar-refractivity contribution in [3.8, 4) is 0 Å². The van der Waals surface area contributed by atoms with E-state index in [-0.39, 0.29) is 40.7 Å². The molecule has 1 saturated heterocycles. The molecule has 2 heterocycles. The van der Waals surface area contributed by atoms with E-state index in [1.807, 2.05) is 0 Å². The zero-order valence-corrected chi connectivity index (χ0v) is 21.9. The average Bonchev–Trinajstić information content (AvgIpc) is 3.65. The van der Waals surface area contributed by atoms with E-state index in [1.54, 1.807) is 6.92 Å². The number of hydrogen-bond donors (Lipinski definition) is 4. The molecule has 14 heteroatoms. The molecule has 40 heavy (non-hydrogen) atoms. The predicted octanol–water partition coefficient (Wildman–Crippen LogP) is 2.87. The maximum atomic E-state index is 13.3. The molecule has 0 radical (unpaired) electrons. The number of aromatic nitrogens is 1. The van der Waals surface area contributed by atoms with Gasteiger partial charge in [-0.25, -0.2) is 4.98 Å². The van der Waals surface area contributed by atoms with Crippen LogP contribution >= 0.6 is 11.6 Å². The van der Waals surface area contributed by atoms with Gasteiger partial charge in [-0.3, -0.25) is 24.0 Å². The number of amides is 4. The summed E-state index contributed by atoms with van der Waals surface area (Å²) in [5, 5.41) is 10.2. The van der Waals surface area contributed by atoms with Crippen LogP contribution in [0, 0.1) is 5.92 Å². The highest BCUT2D eigenvalue weighted by molar-refractivity contribution is 6.38. The SMILES string of the molecule is C[C@@H]1C[C@@H](CC(NC(=O)c2cc(Cl)ccc2NC(=O)c2cccc(C(F)(F)F)n2)C(=O)C(=O)NC2CC2)C(=O)N1. The summed E-state index contributed by atoms with van der Waals surface area (Å²) in [6.45, 7) is 1.79. The van der Waals surface area contributed by atoms with Gasteiger partial charge >= 0.3 is 6.18 Å². The Balaban J connectivity index is 1.56. The lowest BCUT2D eigenvalue weighted by molar-refractivity contribution is -0.141. The van der Waals surface area contributed by atoms with Crippen LogP contribution in [0.4, 0.5) is 18.9 Å². The Kier molecular flexibility index (Phi) is 8.43. The van der Waals surface area contributed by atoms with Crippen molar-refractivity contribution < 1.29 is 37.1 Å². The molecular weight excluding hydrogens is 555 g/mol. The number of pyridine rings is 1. The molecule has 3 atom stereocenters. The minimum atomic E-state index is -4.77. The molecule has 4 amide bonds. The van der Waals surface area contributed by atoms with Crippen molar-refractivity contribution >= 4 is 46.7 Å². The first-order valence-electron chi connectivity index (χ1n) is 12.4. The van der Waals surface area contributed by atoms with Crippen LogP contribution in [0.25, 0.3) is 0 Å². The molecular formula is C26H25ClF3N5O5. The molecule has 0 spiro atoms. The van der Waals surface area contributed by atoms with Crippen molar-refractivity contribution in [1.29, 1.82) is 0 Å². The highest BCUT2D eigenvalue weighted by Gasteiger charge is 2.38. The molecule has 1 unspecified atom stereocenters. The Bertz CT molecular complexity index is 1360. The molecule has 1 aliphatic heterocycles. The quantitative estimate of drug-likeness (QED) is 0.336. The number of ketones is 1. The van der Waals surface area contributed by atoms with Gasteiger partial charge in [0.2, 0.25) is 11.7 Å². The molecule has 2 fully saturated rings. The minimum Gasteiger partial charge on any atom is -0.353 e. The summed E-state index contributed by atoms with van der Waals surface area (Å²) in [5.41, 5.74) is -2.18. The first-order valence-corrected chi connectivity index (χ1v) is 12.8. The highest BCUT2D eigenvalue weighted by atomic mass is 35.5. The van der Waals surface area contributed by atoms with E-state index >= 15 is 0 Å². The Morgan fingerprint density at radius 3 is 2.48 bits per heavy atom. The second kappa shape index (κ2) is 11.6. The molecule has 1 saturated carbocycles. The molecule has 2 aromatic rings. The van der Waals surface area contributed by atoms with Crippen molar-refractivity contribution in [3.63, 3.8) is 0 Å². The maximum Gasteiger partial charge on any atom is 0.433 e. The number of Topliss-reactive ketones (excluding diaryl/α,β-unsaturated/α-hetero) is 1. The first-order chi connectivity index (χ1) is 18.8. The number of halogens is 4. The van der Waals surface area contributed by atoms with E-state index < -0.39 is 53.0 Å². The fourth-order valence-corrected chi connectivity index (χ4v) is 4.44. The predicted molar refractivity (Wildman–Crippen MR) is 136 cm³/mol. The maximum absolute atomic E-state index is 13.3. The number of carbonyl (C=O) groups excluding carboxylic acids is 5. The highest BCUT2D eigenvalue weighted by Crippen LogP contribution is 2.28. The Hall–Kier alpha value is -4.00. The number of rotatable bonds is 9. The number of alkyl halides is 3. The van der Waals surface area contributed by atoms with E-state index in [2.05, 4.69) is 26.3 Å². The fraction of sp³-hybridized carbons (Fsp3) is 0.385. The van der Waals surface area contributed by atoms with Crippen LogP contribution in [0.1, 0.15) is 59.1 Å². The molecule has 2 aliphatic rings. The van der Waals surface area contributed by atoms with Crippen LogP contribution in [0.5, 0.6) is 0 Å². The first kappa shape index (κ1) is 29.0. The third kappa shape index (κ3) is 7.14. The molecule has 1 aromatic heterocycles. The minimum absolute atomic E-state index is 0.0821. The van der Waals surface area contributed by atoms with Crippen molar-refractivity contribution in [2.24, 2.45) is 5.92 Å². The van der Waals surface area contributed by atoms with Crippen LogP contribution < -0.4 is 21.3 Å². The van der Waals surface area contributed by atoms with Gasteiger partial charge in [-0.05, 0) is 62.9 Å². The lowest BCUT2D eigenvalue weighted by Crippen LogP contribution is -2.49. The zero-order valence-electron chi connectivity index (χ0n) is 21.1. The Morgan fingerprint density at radius 2 is 1.85 bits per heavy atom. The normalized spacial score (nSPS) is 19.4. The van der Waals surface area contributed by atoms with E-state index in [9.17, 15) is 37.1 Å². The number of nitrogens with one attached hydrogen (secondary N) is 4. The van der Waals surface area contributed by atoms with Gasteiger partial charge in [0.1, 0.15) is 11.4 Å². The summed E-state index contributed by atoms with van der Waals surface area (Å²) in [6.07, 6.45) is -3.07. The monoisotopic (exact) mass is 579 g/mol. The van der Waals surface area contributed by atoms with Crippen molar-refractivity contribution in [1.82, 2.24) is 20.9 Å². The van der Waals surface area contributed by atoms with Crippen LogP contribution in [0.3, 0.4) is 0 Å². The van der Waals surface area contributed by atoms with Crippen LogP contribution in [-0.2, 0) is 20.6 Å². The zero-order chi connectivity index (χ0) is 29.2. The van der Waals surface area contributed by atoms with E-state index in [0.29, 0.717) is 12.5 Å². The van der Waals surface area contributed by atoms with Crippen molar-refractivity contribution in [2.75, 3.05) is 5.32 Å². The summed E-state index contributed by atoms with van der Waals surface area (Å²) in [5.74, 6) is -4.72. The second-order valence-electron chi connectivity index (χ2n) is 9.77. The topological polar surface area (TPSA) is 146 Å². The summed E-state index contributed by atoms with van der Waals surface area (Å²) in [6, 6.07) is 4.92. The van der Waals surface area contributed by atoms with Crippen LogP contribution in [0.2, 0.25) is 5.02 Å². The second-order valence-corrected chi connectivity index (χ2v) is 10.2. The summed E-state index contributed by atoms with van der Waals surface area (Å²) < 4.78 is 39.1. The van der Waals surface area contributed by atoms with Gasteiger partial charge in [0.05, 0.1) is 17.3 Å². The van der Waals surface area contributed by atoms with Gasteiger partial charge in [-0.2, -0.15) is 13.2 Å². The molecule has 10 nitrogen and oxygen atoms in total. The van der Waals surface area contributed by atoms with Crippen molar-refractivity contribution in [2.45, 2.75) is 56.9 Å². The van der Waals surface area contributed by atoms with Gasteiger partial charge in [0.15, 0.2) is 0 Å². The molecule has 1 aliphatic carbocycles. The van der Waals surface area contributed by atoms with Crippen molar-refractivity contribution in [3.05, 3.63) is 58.4 Å². The van der Waals surface area contributed by atoms with Gasteiger partial charge < -0.3 is 21.3 Å². The summed E-state index contributed by atoms with van der Waals surface area (Å²) >= 11 is 6.06. The molecule has 4 rings (SSSR count). The van der Waals surface area contributed by atoms with Crippen LogP contribution in [-0.4, -0.2) is 52.5 Å². The van der Waals surface area contributed by atoms with Crippen LogP contribution in [0.15, 0.2) is 36.4 Å². The molecule has 0 bridgehead atoms. The number of hydrogen-bond acceptors (Lipinski definition) is 6. The van der Waals surface area contributed by atoms with E-state index in [1.165, 1.54) is 18.2 Å². The average molecular weight is 580 g/mol. The van der Waals surface area contributed by atoms with E-state index in [0.717, 1.165) is 25.0 Å². The molecule has 4 N–H and O–H groups in total. The van der Waals surface area contributed by atoms with Gasteiger partial charge in [0.25, 0.3) is 17.7 Å². The van der Waals surface area contributed by atoms with Gasteiger partial charge in [0, 0.05) is 23.0 Å².